The number of halogens is 2. The highest BCUT2D eigenvalue weighted by atomic mass is 19.1. The maximum Gasteiger partial charge on any atom is 0.410 e. The summed E-state index contributed by atoms with van der Waals surface area (Å²) >= 11 is 0. The largest absolute Gasteiger partial charge is 0.475 e. The van der Waals surface area contributed by atoms with Crippen LogP contribution in [0.25, 0.3) is 32.9 Å². The predicted octanol–water partition coefficient (Wildman–Crippen LogP) is 6.05. The molecule has 6 heterocycles. The summed E-state index contributed by atoms with van der Waals surface area (Å²) in [6.45, 7) is 9.21. The monoisotopic (exact) mass is 786 g/mol. The number of ether oxygens (including phenoxy) is 5. The van der Waals surface area contributed by atoms with Crippen LogP contribution < -0.4 is 19.1 Å². The lowest BCUT2D eigenvalue weighted by molar-refractivity contribution is 0.00831. The van der Waals surface area contributed by atoms with Gasteiger partial charge in [-0.05, 0) is 83.0 Å². The van der Waals surface area contributed by atoms with E-state index in [0.29, 0.717) is 29.9 Å². The zero-order chi connectivity index (χ0) is 40.2. The standard InChI is InChI=1S/C42H48F2N6O7/c1-7-25-18-48-27(19-49(25)40(52)57-41(3,4)5)21-54-38-33-36(46-39(47-37(33)48)55-22-42-13-9-15-50(42)26(20-51)12-14-42)34(44)35(45-38)30-17-28(56-23-53-6)16-24-10-11-31(43)29(8-2)32(24)30/h2,10-11,16-17,25-27,51H,7,9,12-15,18-23H2,1,3-6H3/t25-,26+,27+,42+/m1/s1. The molecule has 57 heavy (non-hydrogen) atoms. The number of benzene rings is 2. The number of aromatic nitrogens is 3. The molecule has 0 spiro atoms. The van der Waals surface area contributed by atoms with Crippen molar-refractivity contribution in [2.45, 2.75) is 89.1 Å². The van der Waals surface area contributed by atoms with Gasteiger partial charge in [0.05, 0.1) is 29.8 Å². The van der Waals surface area contributed by atoms with E-state index in [4.69, 9.17) is 45.1 Å². The molecular formula is C42H48F2N6O7. The number of methoxy groups -OCH3 is 1. The van der Waals surface area contributed by atoms with Gasteiger partial charge in [-0.1, -0.05) is 18.9 Å². The Kier molecular flexibility index (Phi) is 10.2. The summed E-state index contributed by atoms with van der Waals surface area (Å²) < 4.78 is 62.6. The van der Waals surface area contributed by atoms with Crippen molar-refractivity contribution >= 4 is 33.6 Å². The quantitative estimate of drug-likeness (QED) is 0.157. The number of hydrogen-bond donors (Lipinski definition) is 1. The van der Waals surface area contributed by atoms with Gasteiger partial charge in [-0.15, -0.1) is 6.42 Å². The molecule has 0 aliphatic carbocycles. The molecule has 8 rings (SSSR count). The average Bonchev–Trinajstić information content (AvgIpc) is 3.72. The number of piperazine rings is 1. The first kappa shape index (κ1) is 38.8. The number of carbonyl (C=O) groups is 1. The van der Waals surface area contributed by atoms with Gasteiger partial charge in [-0.3, -0.25) is 4.90 Å². The smallest absolute Gasteiger partial charge is 0.410 e. The van der Waals surface area contributed by atoms with Crippen molar-refractivity contribution in [1.29, 1.82) is 0 Å². The minimum Gasteiger partial charge on any atom is -0.475 e. The van der Waals surface area contributed by atoms with E-state index in [0.717, 1.165) is 32.2 Å². The Bertz CT molecular complexity index is 2260. The van der Waals surface area contributed by atoms with Gasteiger partial charge in [0, 0.05) is 37.2 Å². The molecule has 1 amide bonds. The third-order valence-electron chi connectivity index (χ3n) is 11.7. The number of aliphatic hydroxyl groups is 1. The highest BCUT2D eigenvalue weighted by Crippen LogP contribution is 2.46. The van der Waals surface area contributed by atoms with Crippen molar-refractivity contribution in [3.8, 4) is 41.2 Å². The van der Waals surface area contributed by atoms with Crippen molar-refractivity contribution in [3.05, 3.63) is 41.5 Å². The fraction of sp³-hybridized carbons (Fsp3) is 0.524. The van der Waals surface area contributed by atoms with Crippen LogP contribution in [0.15, 0.2) is 24.3 Å². The Morgan fingerprint density at radius 2 is 1.93 bits per heavy atom. The molecule has 302 valence electrons. The van der Waals surface area contributed by atoms with E-state index in [2.05, 4.69) is 10.8 Å². The molecule has 15 heteroatoms. The van der Waals surface area contributed by atoms with Gasteiger partial charge in [-0.25, -0.2) is 18.6 Å². The van der Waals surface area contributed by atoms with Crippen LogP contribution in [0.4, 0.5) is 19.4 Å². The number of amides is 1. The number of hydrogen-bond acceptors (Lipinski definition) is 12. The van der Waals surface area contributed by atoms with Gasteiger partial charge in [0.1, 0.15) is 52.8 Å². The van der Waals surface area contributed by atoms with E-state index < -0.39 is 29.4 Å². The fourth-order valence-electron chi connectivity index (χ4n) is 9.04. The summed E-state index contributed by atoms with van der Waals surface area (Å²) in [4.78, 5) is 34.1. The molecule has 0 unspecified atom stereocenters. The number of aliphatic hydroxyl groups excluding tert-OH is 1. The highest BCUT2D eigenvalue weighted by molar-refractivity contribution is 6.04. The second-order valence-electron chi connectivity index (χ2n) is 16.3. The molecule has 4 aliphatic heterocycles. The third-order valence-corrected chi connectivity index (χ3v) is 11.7. The molecule has 3 fully saturated rings. The van der Waals surface area contributed by atoms with Crippen molar-refractivity contribution in [3.63, 3.8) is 0 Å². The lowest BCUT2D eigenvalue weighted by Gasteiger charge is -2.45. The van der Waals surface area contributed by atoms with Crippen molar-refractivity contribution in [1.82, 2.24) is 24.8 Å². The Balaban J connectivity index is 1.30. The Labute approximate surface area is 330 Å². The van der Waals surface area contributed by atoms with E-state index in [1.54, 1.807) is 23.1 Å². The minimum atomic E-state index is -0.817. The maximum absolute atomic E-state index is 17.6. The number of fused-ring (bicyclic) bond motifs is 4. The number of pyridine rings is 1. The van der Waals surface area contributed by atoms with Gasteiger partial charge >= 0.3 is 12.1 Å². The summed E-state index contributed by atoms with van der Waals surface area (Å²) in [6.07, 6.45) is 9.58. The van der Waals surface area contributed by atoms with Crippen LogP contribution in [-0.2, 0) is 9.47 Å². The predicted molar refractivity (Wildman–Crippen MR) is 209 cm³/mol. The summed E-state index contributed by atoms with van der Waals surface area (Å²) in [5.41, 5.74) is -1.19. The zero-order valence-corrected chi connectivity index (χ0v) is 32.9. The van der Waals surface area contributed by atoms with Gasteiger partial charge in [0.2, 0.25) is 5.88 Å². The molecule has 2 aromatic heterocycles. The third kappa shape index (κ3) is 6.91. The maximum atomic E-state index is 17.6. The van der Waals surface area contributed by atoms with Crippen molar-refractivity contribution in [2.24, 2.45) is 0 Å². The Morgan fingerprint density at radius 1 is 1.11 bits per heavy atom. The van der Waals surface area contributed by atoms with Gasteiger partial charge in [0.25, 0.3) is 0 Å². The van der Waals surface area contributed by atoms with E-state index >= 15 is 8.78 Å². The summed E-state index contributed by atoms with van der Waals surface area (Å²) in [5, 5.41) is 11.1. The first-order chi connectivity index (χ1) is 27.4. The fourth-order valence-corrected chi connectivity index (χ4v) is 9.04. The first-order valence-electron chi connectivity index (χ1n) is 19.5. The van der Waals surface area contributed by atoms with E-state index in [-0.39, 0.29) is 95.8 Å². The van der Waals surface area contributed by atoms with Crippen molar-refractivity contribution < 1.29 is 42.4 Å². The first-order valence-corrected chi connectivity index (χ1v) is 19.5. The summed E-state index contributed by atoms with van der Waals surface area (Å²) in [7, 11) is 1.48. The van der Waals surface area contributed by atoms with Crippen LogP contribution in [-0.4, -0.2) is 119 Å². The number of nitrogens with zero attached hydrogens (tertiary/aromatic N) is 6. The molecule has 0 bridgehead atoms. The van der Waals surface area contributed by atoms with Crippen LogP contribution in [0.2, 0.25) is 0 Å². The molecular weight excluding hydrogens is 738 g/mol. The second-order valence-corrected chi connectivity index (χ2v) is 16.3. The number of carbonyl (C=O) groups excluding carboxylic acids is 1. The number of rotatable bonds is 9. The molecule has 0 saturated carbocycles. The van der Waals surface area contributed by atoms with Gasteiger partial charge < -0.3 is 38.6 Å². The molecule has 4 aromatic rings. The summed E-state index contributed by atoms with van der Waals surface area (Å²) in [6, 6.07) is 5.34. The SMILES string of the molecule is C#Cc1c(F)ccc2cc(OCOC)cc(-c3nc4c5c(nc(OC[C@@]67CCCN6[C@H](CO)CC7)nc5c3F)N3C[C@@H](CC)N(C(=O)OC(C)(C)C)C[C@H]3CO4)c12. The van der Waals surface area contributed by atoms with Gasteiger partial charge in [0.15, 0.2) is 12.6 Å². The van der Waals surface area contributed by atoms with Crippen LogP contribution in [0.5, 0.6) is 17.6 Å². The van der Waals surface area contributed by atoms with E-state index in [1.807, 2.05) is 32.6 Å². The zero-order valence-electron chi connectivity index (χ0n) is 32.9. The van der Waals surface area contributed by atoms with Crippen LogP contribution in [0, 0.1) is 24.0 Å². The summed E-state index contributed by atoms with van der Waals surface area (Å²) in [5.74, 6) is 1.71. The molecule has 1 N–H and O–H groups in total. The van der Waals surface area contributed by atoms with E-state index in [9.17, 15) is 9.90 Å². The van der Waals surface area contributed by atoms with E-state index in [1.165, 1.54) is 13.2 Å². The van der Waals surface area contributed by atoms with Gasteiger partial charge in [-0.2, -0.15) is 9.97 Å². The normalized spacial score (nSPS) is 23.2. The minimum absolute atomic E-state index is 0.0335. The molecule has 2 aromatic carbocycles. The lowest BCUT2D eigenvalue weighted by Crippen LogP contribution is -2.62. The second kappa shape index (κ2) is 15.0. The average molecular weight is 787 g/mol. The number of terminal acetylenes is 1. The molecule has 0 radical (unpaired) electrons. The molecule has 3 saturated heterocycles. The highest BCUT2D eigenvalue weighted by Gasteiger charge is 2.50. The lowest BCUT2D eigenvalue weighted by atomic mass is 9.95. The van der Waals surface area contributed by atoms with Crippen LogP contribution >= 0.6 is 0 Å². The molecule has 4 atom stereocenters. The Morgan fingerprint density at radius 3 is 2.67 bits per heavy atom. The molecule has 4 aliphatic rings. The van der Waals surface area contributed by atoms with Crippen LogP contribution in [0.1, 0.15) is 65.4 Å². The Hall–Kier alpha value is -5.04. The molecule has 13 nitrogen and oxygen atoms in total. The number of anilines is 1. The van der Waals surface area contributed by atoms with Crippen molar-refractivity contribution in [2.75, 3.05) is 58.3 Å². The van der Waals surface area contributed by atoms with Crippen LogP contribution in [0.3, 0.4) is 0 Å². The topological polar surface area (TPSA) is 132 Å².